The molecule has 1 aliphatic rings. The van der Waals surface area contributed by atoms with Crippen molar-refractivity contribution in [2.45, 2.75) is 12.8 Å². The standard InChI is InChI=1S/C19H14ClNO7S/c20-13-5-3-10(8-12(13)18(25)26)14-6-4-11(28-14)9-15-17(24)21(19(27)29-15)7-1-2-16(22)23/h3-6,8-9H,1-2,7H2,(H,22,23)(H,25,26)/b15-9+. The summed E-state index contributed by atoms with van der Waals surface area (Å²) in [6.07, 6.45) is 1.45. The molecule has 29 heavy (non-hydrogen) atoms. The van der Waals surface area contributed by atoms with Crippen LogP contribution >= 0.6 is 23.4 Å². The van der Waals surface area contributed by atoms with Gasteiger partial charge in [-0.1, -0.05) is 11.6 Å². The number of thioether (sulfide) groups is 1. The van der Waals surface area contributed by atoms with Gasteiger partial charge < -0.3 is 14.6 Å². The van der Waals surface area contributed by atoms with E-state index in [0.717, 1.165) is 16.7 Å². The quantitative estimate of drug-likeness (QED) is 0.620. The van der Waals surface area contributed by atoms with Gasteiger partial charge in [-0.15, -0.1) is 0 Å². The lowest BCUT2D eigenvalue weighted by Crippen LogP contribution is -2.29. The molecule has 2 amide bonds. The molecule has 0 atom stereocenters. The number of carbonyl (C=O) groups is 4. The Morgan fingerprint density at radius 1 is 1.17 bits per heavy atom. The maximum atomic E-state index is 12.4. The molecule has 1 fully saturated rings. The summed E-state index contributed by atoms with van der Waals surface area (Å²) in [7, 11) is 0. The predicted molar refractivity (Wildman–Crippen MR) is 106 cm³/mol. The van der Waals surface area contributed by atoms with Crippen molar-refractivity contribution in [1.82, 2.24) is 4.90 Å². The summed E-state index contributed by atoms with van der Waals surface area (Å²) in [5.74, 6) is -1.99. The molecule has 8 nitrogen and oxygen atoms in total. The van der Waals surface area contributed by atoms with Crippen molar-refractivity contribution in [2.75, 3.05) is 6.54 Å². The van der Waals surface area contributed by atoms with E-state index in [1.165, 1.54) is 18.2 Å². The van der Waals surface area contributed by atoms with Crippen molar-refractivity contribution >= 4 is 52.5 Å². The molecular weight excluding hydrogens is 422 g/mol. The van der Waals surface area contributed by atoms with Crippen molar-refractivity contribution in [2.24, 2.45) is 0 Å². The highest BCUT2D eigenvalue weighted by Crippen LogP contribution is 2.34. The van der Waals surface area contributed by atoms with E-state index >= 15 is 0 Å². The summed E-state index contributed by atoms with van der Waals surface area (Å²) in [6.45, 7) is 0.0282. The van der Waals surface area contributed by atoms with E-state index in [2.05, 4.69) is 0 Å². The Morgan fingerprint density at radius 2 is 1.93 bits per heavy atom. The summed E-state index contributed by atoms with van der Waals surface area (Å²) in [6, 6.07) is 7.63. The fourth-order valence-electron chi connectivity index (χ4n) is 2.64. The smallest absolute Gasteiger partial charge is 0.337 e. The van der Waals surface area contributed by atoms with Gasteiger partial charge in [0.2, 0.25) is 0 Å². The topological polar surface area (TPSA) is 125 Å². The Labute approximate surface area is 173 Å². The number of imide groups is 1. The van der Waals surface area contributed by atoms with Crippen LogP contribution in [-0.4, -0.2) is 44.7 Å². The molecule has 0 spiro atoms. The molecule has 0 radical (unpaired) electrons. The van der Waals surface area contributed by atoms with Gasteiger partial charge in [0.25, 0.3) is 11.1 Å². The van der Waals surface area contributed by atoms with E-state index in [1.807, 2.05) is 0 Å². The molecule has 2 heterocycles. The second-order valence-electron chi connectivity index (χ2n) is 6.03. The van der Waals surface area contributed by atoms with Gasteiger partial charge in [0.1, 0.15) is 11.5 Å². The third-order valence-corrected chi connectivity index (χ3v) is 5.26. The highest BCUT2D eigenvalue weighted by molar-refractivity contribution is 8.18. The number of furan rings is 1. The number of carboxylic acids is 2. The van der Waals surface area contributed by atoms with E-state index in [1.54, 1.807) is 18.2 Å². The average molecular weight is 436 g/mol. The summed E-state index contributed by atoms with van der Waals surface area (Å²) < 4.78 is 5.65. The first kappa shape index (κ1) is 20.7. The van der Waals surface area contributed by atoms with Gasteiger partial charge >= 0.3 is 11.9 Å². The van der Waals surface area contributed by atoms with Crippen LogP contribution in [0.2, 0.25) is 5.02 Å². The van der Waals surface area contributed by atoms with Crippen molar-refractivity contribution in [3.63, 3.8) is 0 Å². The predicted octanol–water partition coefficient (Wildman–Crippen LogP) is 4.20. The molecule has 1 aliphatic heterocycles. The van der Waals surface area contributed by atoms with Crippen molar-refractivity contribution < 1.29 is 33.8 Å². The first-order valence-electron chi connectivity index (χ1n) is 8.36. The van der Waals surface area contributed by atoms with Crippen molar-refractivity contribution in [3.05, 3.63) is 51.6 Å². The monoisotopic (exact) mass is 435 g/mol. The average Bonchev–Trinajstić information content (AvgIpc) is 3.22. The molecule has 0 unspecified atom stereocenters. The first-order chi connectivity index (χ1) is 13.8. The maximum Gasteiger partial charge on any atom is 0.337 e. The number of halogens is 1. The zero-order valence-electron chi connectivity index (χ0n) is 14.8. The number of aromatic carboxylic acids is 1. The van der Waals surface area contributed by atoms with Crippen LogP contribution < -0.4 is 0 Å². The number of amides is 2. The van der Waals surface area contributed by atoms with Gasteiger partial charge in [-0.05, 0) is 48.5 Å². The van der Waals surface area contributed by atoms with Gasteiger partial charge in [0.15, 0.2) is 0 Å². The summed E-state index contributed by atoms with van der Waals surface area (Å²) in [4.78, 5) is 47.3. The fraction of sp³-hybridized carbons (Fsp3) is 0.158. The van der Waals surface area contributed by atoms with E-state index in [0.29, 0.717) is 17.1 Å². The first-order valence-corrected chi connectivity index (χ1v) is 9.56. The van der Waals surface area contributed by atoms with Crippen LogP contribution in [0.15, 0.2) is 39.7 Å². The van der Waals surface area contributed by atoms with E-state index in [9.17, 15) is 19.2 Å². The lowest BCUT2D eigenvalue weighted by Gasteiger charge is -2.10. The maximum absolute atomic E-state index is 12.4. The van der Waals surface area contributed by atoms with Crippen molar-refractivity contribution in [3.8, 4) is 11.3 Å². The van der Waals surface area contributed by atoms with Gasteiger partial charge in [-0.2, -0.15) is 0 Å². The highest BCUT2D eigenvalue weighted by Gasteiger charge is 2.34. The number of hydrogen-bond acceptors (Lipinski definition) is 6. The van der Waals surface area contributed by atoms with Crippen LogP contribution in [0.25, 0.3) is 17.4 Å². The zero-order valence-corrected chi connectivity index (χ0v) is 16.3. The number of aliphatic carboxylic acids is 1. The van der Waals surface area contributed by atoms with Crippen LogP contribution in [0, 0.1) is 0 Å². The third-order valence-electron chi connectivity index (χ3n) is 4.03. The molecule has 1 aromatic carbocycles. The van der Waals surface area contributed by atoms with E-state index < -0.39 is 23.1 Å². The number of hydrogen-bond donors (Lipinski definition) is 2. The Kier molecular flexibility index (Phi) is 6.09. The molecule has 1 aromatic heterocycles. The van der Waals surface area contributed by atoms with Gasteiger partial charge in [-0.3, -0.25) is 19.3 Å². The zero-order chi connectivity index (χ0) is 21.1. The molecule has 2 aromatic rings. The van der Waals surface area contributed by atoms with Crippen LogP contribution in [-0.2, 0) is 9.59 Å². The Hall–Kier alpha value is -3.04. The second-order valence-corrected chi connectivity index (χ2v) is 7.43. The number of carbonyl (C=O) groups excluding carboxylic acids is 2. The molecular formula is C19H14ClNO7S. The highest BCUT2D eigenvalue weighted by atomic mass is 35.5. The summed E-state index contributed by atoms with van der Waals surface area (Å²) in [5, 5.41) is 17.5. The lowest BCUT2D eigenvalue weighted by atomic mass is 10.1. The molecule has 0 aliphatic carbocycles. The van der Waals surface area contributed by atoms with Crippen LogP contribution in [0.1, 0.15) is 29.0 Å². The molecule has 3 rings (SSSR count). The van der Waals surface area contributed by atoms with Gasteiger partial charge in [0.05, 0.1) is 15.5 Å². The Balaban J connectivity index is 1.77. The van der Waals surface area contributed by atoms with Crippen LogP contribution in [0.3, 0.4) is 0 Å². The summed E-state index contributed by atoms with van der Waals surface area (Å²) in [5.41, 5.74) is 0.429. The van der Waals surface area contributed by atoms with Gasteiger partial charge in [0, 0.05) is 24.6 Å². The molecule has 0 saturated carbocycles. The molecule has 150 valence electrons. The third kappa shape index (κ3) is 4.69. The van der Waals surface area contributed by atoms with E-state index in [4.69, 9.17) is 26.2 Å². The SMILES string of the molecule is O=C(O)CCCN1C(=O)S/C(=C/c2ccc(-c3ccc(Cl)c(C(=O)O)c3)o2)C1=O. The minimum atomic E-state index is -1.17. The minimum absolute atomic E-state index is 0.0282. The van der Waals surface area contributed by atoms with Crippen LogP contribution in [0.5, 0.6) is 0 Å². The minimum Gasteiger partial charge on any atom is -0.481 e. The lowest BCUT2D eigenvalue weighted by molar-refractivity contribution is -0.137. The molecule has 1 saturated heterocycles. The largest absolute Gasteiger partial charge is 0.481 e. The number of nitrogens with zero attached hydrogens (tertiary/aromatic N) is 1. The van der Waals surface area contributed by atoms with Crippen molar-refractivity contribution in [1.29, 1.82) is 0 Å². The summed E-state index contributed by atoms with van der Waals surface area (Å²) >= 11 is 6.61. The number of rotatable bonds is 7. The second kappa shape index (κ2) is 8.54. The number of benzene rings is 1. The normalized spacial score (nSPS) is 15.3. The fourth-order valence-corrected chi connectivity index (χ4v) is 3.68. The molecule has 0 bridgehead atoms. The molecule has 10 heteroatoms. The number of carboxylic acid groups (broad SMARTS) is 2. The van der Waals surface area contributed by atoms with Crippen LogP contribution in [0.4, 0.5) is 4.79 Å². The van der Waals surface area contributed by atoms with E-state index in [-0.39, 0.29) is 34.9 Å². The Morgan fingerprint density at radius 3 is 2.62 bits per heavy atom. The molecule has 2 N–H and O–H groups in total. The Bertz CT molecular complexity index is 1040. The van der Waals surface area contributed by atoms with Gasteiger partial charge in [-0.25, -0.2) is 4.79 Å².